The fraction of sp³-hybridized carbons (Fsp3) is 0.325. The molecule has 1 fully saturated rings. The molecule has 1 N–H and O–H groups in total. The van der Waals surface area contributed by atoms with Crippen molar-refractivity contribution in [2.24, 2.45) is 5.92 Å². The van der Waals surface area contributed by atoms with Gasteiger partial charge in [-0.15, -0.1) is 0 Å². The fourth-order valence-corrected chi connectivity index (χ4v) is 11.4. The molecule has 51 heavy (non-hydrogen) atoms. The first-order valence-corrected chi connectivity index (χ1v) is 21.1. The van der Waals surface area contributed by atoms with Crippen LogP contribution in [0, 0.1) is 5.92 Å². The van der Waals surface area contributed by atoms with Gasteiger partial charge in [0.1, 0.15) is 0 Å². The van der Waals surface area contributed by atoms with E-state index in [1.807, 2.05) is 104 Å². The largest absolute Gasteiger partial charge is 0.394 e. The number of carbonyl (C=O) groups excluding carboxylic acids is 3. The van der Waals surface area contributed by atoms with Crippen LogP contribution in [-0.2, 0) is 44.2 Å². The molecule has 0 unspecified atom stereocenters. The number of para-hydroxylation sites is 1. The SMILES string of the molecule is C[C@@H]1[C@@H]([Si](C)(C)F)[C@H](CC(=O)N2Cc3ccccc3C[C@H]2CO)O[C@@]12C(=O)N(Cc1ccc(N(C=O)c3ccccc3)cc1)c1ccc(Br)cc12. The summed E-state index contributed by atoms with van der Waals surface area (Å²) in [7, 11) is -3.51. The Kier molecular flexibility index (Phi) is 9.51. The molecular formula is C40H41BrFN3O5Si. The van der Waals surface area contributed by atoms with Crippen LogP contribution in [0.4, 0.5) is 21.2 Å². The van der Waals surface area contributed by atoms with Crippen molar-refractivity contribution >= 4 is 59.6 Å². The molecule has 8 nitrogen and oxygen atoms in total. The van der Waals surface area contributed by atoms with Gasteiger partial charge in [-0.25, -0.2) is 0 Å². The average Bonchev–Trinajstić information content (AvgIpc) is 3.54. The van der Waals surface area contributed by atoms with Crippen molar-refractivity contribution in [2.75, 3.05) is 16.4 Å². The van der Waals surface area contributed by atoms with Gasteiger partial charge in [0.05, 0.1) is 37.4 Å². The molecule has 0 bridgehead atoms. The highest BCUT2D eigenvalue weighted by atomic mass is 79.9. The Morgan fingerprint density at radius 3 is 2.35 bits per heavy atom. The number of amides is 3. The Morgan fingerprint density at radius 2 is 1.69 bits per heavy atom. The number of hydrogen-bond acceptors (Lipinski definition) is 5. The van der Waals surface area contributed by atoms with Gasteiger partial charge in [0, 0.05) is 39.4 Å². The third kappa shape index (κ3) is 6.24. The molecule has 5 atom stereocenters. The topological polar surface area (TPSA) is 90.4 Å². The number of aliphatic hydroxyl groups excluding tert-OH is 1. The van der Waals surface area contributed by atoms with Gasteiger partial charge in [-0.1, -0.05) is 77.5 Å². The van der Waals surface area contributed by atoms with Crippen molar-refractivity contribution in [2.45, 2.75) is 69.2 Å². The molecule has 3 aliphatic heterocycles. The third-order valence-corrected chi connectivity index (χ3v) is 13.8. The van der Waals surface area contributed by atoms with Gasteiger partial charge in [0.15, 0.2) is 5.60 Å². The summed E-state index contributed by atoms with van der Waals surface area (Å²) in [4.78, 5) is 45.9. The highest BCUT2D eigenvalue weighted by Crippen LogP contribution is 2.60. The van der Waals surface area contributed by atoms with Crippen molar-refractivity contribution in [1.82, 2.24) is 4.90 Å². The molecule has 1 spiro atoms. The maximum Gasteiger partial charge on any atom is 0.264 e. The van der Waals surface area contributed by atoms with E-state index in [0.717, 1.165) is 33.3 Å². The molecule has 3 heterocycles. The Balaban J connectivity index is 1.19. The Bertz CT molecular complexity index is 1960. The smallest absolute Gasteiger partial charge is 0.264 e. The lowest BCUT2D eigenvalue weighted by Crippen LogP contribution is -2.48. The molecule has 4 aromatic rings. The number of fused-ring (bicyclic) bond motifs is 3. The maximum absolute atomic E-state index is 16.5. The molecule has 0 aromatic heterocycles. The number of ether oxygens (including phenoxy) is 1. The quantitative estimate of drug-likeness (QED) is 0.109. The van der Waals surface area contributed by atoms with Gasteiger partial charge < -0.3 is 23.8 Å². The molecule has 4 aromatic carbocycles. The average molecular weight is 771 g/mol. The minimum atomic E-state index is -3.51. The van der Waals surface area contributed by atoms with Crippen LogP contribution < -0.4 is 9.80 Å². The van der Waals surface area contributed by atoms with E-state index >= 15 is 4.11 Å². The monoisotopic (exact) mass is 769 g/mol. The van der Waals surface area contributed by atoms with E-state index in [4.69, 9.17) is 4.74 Å². The van der Waals surface area contributed by atoms with E-state index in [0.29, 0.717) is 29.9 Å². The Labute approximate surface area is 307 Å². The van der Waals surface area contributed by atoms with Crippen LogP contribution in [0.5, 0.6) is 0 Å². The summed E-state index contributed by atoms with van der Waals surface area (Å²) in [5.74, 6) is -1.07. The summed E-state index contributed by atoms with van der Waals surface area (Å²) in [6, 6.07) is 29.9. The van der Waals surface area contributed by atoms with E-state index < -0.39 is 37.6 Å². The van der Waals surface area contributed by atoms with Gasteiger partial charge in [-0.3, -0.25) is 19.3 Å². The highest BCUT2D eigenvalue weighted by Gasteiger charge is 2.67. The van der Waals surface area contributed by atoms with Crippen LogP contribution in [0.3, 0.4) is 0 Å². The second kappa shape index (κ2) is 13.8. The summed E-state index contributed by atoms with van der Waals surface area (Å²) in [5.41, 5.74) is 3.59. The van der Waals surface area contributed by atoms with Crippen LogP contribution in [0.25, 0.3) is 0 Å². The number of halogens is 2. The second-order valence-electron chi connectivity index (χ2n) is 14.3. The molecule has 0 aliphatic carbocycles. The number of rotatable bonds is 9. The molecule has 7 rings (SSSR count). The minimum Gasteiger partial charge on any atom is -0.394 e. The standard InChI is InChI=1S/C40H41BrFN3O5Si/c1-26-38(51(2,3)42)36(21-37(48)43-23-29-10-8-7-9-28(29)19-33(43)24-46)50-40(26)34-20-30(41)15-18-35(34)44(39(40)49)22-27-13-16-32(17-14-27)45(25-47)31-11-5-4-6-12-31/h4-18,20,25-26,33,36,38,46H,19,21-24H2,1-3H3/t26-,33+,36+,38-,40+/m1/s1. The number of anilines is 3. The fourth-order valence-electron chi connectivity index (χ4n) is 8.51. The summed E-state index contributed by atoms with van der Waals surface area (Å²) in [6.07, 6.45) is 0.374. The Morgan fingerprint density at radius 1 is 1.02 bits per heavy atom. The van der Waals surface area contributed by atoms with Crippen LogP contribution in [-0.4, -0.2) is 55.4 Å². The van der Waals surface area contributed by atoms with Gasteiger partial charge in [-0.2, -0.15) is 0 Å². The molecule has 264 valence electrons. The highest BCUT2D eigenvalue weighted by molar-refractivity contribution is 9.10. The zero-order valence-corrected chi connectivity index (χ0v) is 31.4. The molecule has 11 heteroatoms. The van der Waals surface area contributed by atoms with E-state index in [2.05, 4.69) is 15.9 Å². The molecule has 0 saturated carbocycles. The van der Waals surface area contributed by atoms with Gasteiger partial charge in [0.2, 0.25) is 20.7 Å². The maximum atomic E-state index is 16.5. The second-order valence-corrected chi connectivity index (χ2v) is 19.0. The lowest BCUT2D eigenvalue weighted by molar-refractivity contribution is -0.151. The number of benzene rings is 4. The zero-order valence-electron chi connectivity index (χ0n) is 28.8. The lowest BCUT2D eigenvalue weighted by Gasteiger charge is -2.37. The number of aliphatic hydroxyl groups is 1. The van der Waals surface area contributed by atoms with E-state index in [-0.39, 0.29) is 31.4 Å². The predicted octanol–water partition coefficient (Wildman–Crippen LogP) is 7.40. The predicted molar refractivity (Wildman–Crippen MR) is 201 cm³/mol. The first-order chi connectivity index (χ1) is 24.5. The van der Waals surface area contributed by atoms with Crippen molar-refractivity contribution in [3.8, 4) is 0 Å². The van der Waals surface area contributed by atoms with E-state index in [1.54, 1.807) is 27.8 Å². The molecule has 0 radical (unpaired) electrons. The lowest BCUT2D eigenvalue weighted by atomic mass is 9.82. The van der Waals surface area contributed by atoms with Crippen molar-refractivity contribution in [3.63, 3.8) is 0 Å². The summed E-state index contributed by atoms with van der Waals surface area (Å²) >= 11 is 3.59. The number of nitrogens with zero attached hydrogens (tertiary/aromatic N) is 3. The third-order valence-electron chi connectivity index (χ3n) is 10.9. The molecule has 3 aliphatic rings. The van der Waals surface area contributed by atoms with Crippen LogP contribution in [0.2, 0.25) is 18.6 Å². The summed E-state index contributed by atoms with van der Waals surface area (Å²) in [6.45, 7) is 5.53. The zero-order chi connectivity index (χ0) is 36.1. The number of carbonyl (C=O) groups is 3. The van der Waals surface area contributed by atoms with Gasteiger partial charge in [-0.05, 0) is 78.7 Å². The summed E-state index contributed by atoms with van der Waals surface area (Å²) < 4.78 is 24.1. The minimum absolute atomic E-state index is 0.0947. The van der Waals surface area contributed by atoms with Gasteiger partial charge in [0.25, 0.3) is 5.91 Å². The first kappa shape index (κ1) is 35.2. The molecule has 1 saturated heterocycles. The normalized spacial score (nSPS) is 24.1. The Hall–Kier alpha value is -4.16. The van der Waals surface area contributed by atoms with E-state index in [1.165, 1.54) is 0 Å². The van der Waals surface area contributed by atoms with Gasteiger partial charge >= 0.3 is 0 Å². The molecule has 3 amide bonds. The van der Waals surface area contributed by atoms with Crippen LogP contribution >= 0.6 is 15.9 Å². The van der Waals surface area contributed by atoms with Crippen LogP contribution in [0.1, 0.15) is 35.6 Å². The number of hydrogen-bond donors (Lipinski definition) is 1. The van der Waals surface area contributed by atoms with Crippen LogP contribution in [0.15, 0.2) is 102 Å². The summed E-state index contributed by atoms with van der Waals surface area (Å²) in [5, 5.41) is 10.3. The van der Waals surface area contributed by atoms with Crippen molar-refractivity contribution < 1.29 is 28.3 Å². The van der Waals surface area contributed by atoms with Crippen molar-refractivity contribution in [1.29, 1.82) is 0 Å². The molecular weight excluding hydrogens is 729 g/mol. The van der Waals surface area contributed by atoms with Crippen molar-refractivity contribution in [3.05, 3.63) is 124 Å². The first-order valence-electron chi connectivity index (χ1n) is 17.3. The van der Waals surface area contributed by atoms with E-state index in [9.17, 15) is 19.5 Å².